The summed E-state index contributed by atoms with van der Waals surface area (Å²) in [5.41, 5.74) is 0.260. The van der Waals surface area contributed by atoms with Crippen LogP contribution in [-0.2, 0) is 25.2 Å². The third-order valence-corrected chi connectivity index (χ3v) is 8.55. The number of halogens is 1. The van der Waals surface area contributed by atoms with Gasteiger partial charge in [-0.3, -0.25) is 4.79 Å². The molecule has 7 nitrogen and oxygen atoms in total. The van der Waals surface area contributed by atoms with Gasteiger partial charge in [-0.05, 0) is 44.4 Å². The molecule has 3 fully saturated rings. The molecule has 9 heteroatoms. The van der Waals surface area contributed by atoms with Crippen molar-refractivity contribution in [3.05, 3.63) is 35.6 Å². The highest BCUT2D eigenvalue weighted by Gasteiger charge is 2.48. The molecule has 166 valence electrons. The van der Waals surface area contributed by atoms with Gasteiger partial charge in [0.15, 0.2) is 0 Å². The van der Waals surface area contributed by atoms with Crippen LogP contribution in [0.1, 0.15) is 38.7 Å². The summed E-state index contributed by atoms with van der Waals surface area (Å²) in [7, 11) is -3.58. The Labute approximate surface area is 178 Å². The van der Waals surface area contributed by atoms with Crippen molar-refractivity contribution < 1.29 is 22.3 Å². The van der Waals surface area contributed by atoms with Gasteiger partial charge in [0.25, 0.3) is 10.2 Å². The molecule has 1 aromatic rings. The third-order valence-electron chi connectivity index (χ3n) is 6.58. The molecular weight excluding hydrogens is 409 g/mol. The number of carbonyl (C=O) groups excluding carboxylic acids is 1. The first kappa shape index (κ1) is 21.7. The smallest absolute Gasteiger partial charge is 0.282 e. The Morgan fingerprint density at radius 3 is 2.07 bits per heavy atom. The topological polar surface area (TPSA) is 70.2 Å². The van der Waals surface area contributed by atoms with Gasteiger partial charge in [-0.2, -0.15) is 17.0 Å². The lowest BCUT2D eigenvalue weighted by Crippen LogP contribution is -2.60. The minimum atomic E-state index is -3.58. The number of nitrogens with zero attached hydrogens (tertiary/aromatic N) is 3. The second kappa shape index (κ2) is 8.18. The molecule has 3 aliphatic rings. The predicted octanol–water partition coefficient (Wildman–Crippen LogP) is 1.75. The summed E-state index contributed by atoms with van der Waals surface area (Å²) in [6, 6.07) is 6.21. The van der Waals surface area contributed by atoms with E-state index >= 15 is 0 Å². The zero-order valence-corrected chi connectivity index (χ0v) is 18.4. The molecule has 2 aliphatic heterocycles. The average Bonchev–Trinajstić information content (AvgIpc) is 2.68. The van der Waals surface area contributed by atoms with Crippen molar-refractivity contribution in [1.29, 1.82) is 0 Å². The van der Waals surface area contributed by atoms with E-state index in [-0.39, 0.29) is 37.0 Å². The van der Waals surface area contributed by atoms with Crippen LogP contribution in [0.4, 0.5) is 4.39 Å². The van der Waals surface area contributed by atoms with Crippen LogP contribution in [0.3, 0.4) is 0 Å². The van der Waals surface area contributed by atoms with Gasteiger partial charge in [0, 0.05) is 39.3 Å². The SMILES string of the molecule is CC1CN(S(=O)(=O)N2CCN(C(=O)C3(c4ccc(F)cc4)CCC3)CC2)CC(C)O1. The molecule has 1 saturated carbocycles. The van der Waals surface area contributed by atoms with Crippen molar-refractivity contribution in [3.8, 4) is 0 Å². The fourth-order valence-electron chi connectivity index (χ4n) is 4.83. The number of rotatable bonds is 4. The second-order valence-corrected chi connectivity index (χ2v) is 10.6. The van der Waals surface area contributed by atoms with Crippen molar-refractivity contribution >= 4 is 16.1 Å². The summed E-state index contributed by atoms with van der Waals surface area (Å²) < 4.78 is 48.1. The molecule has 1 aromatic carbocycles. The number of morpholine rings is 1. The molecule has 2 unspecified atom stereocenters. The van der Waals surface area contributed by atoms with Gasteiger partial charge in [-0.15, -0.1) is 0 Å². The van der Waals surface area contributed by atoms with Crippen molar-refractivity contribution in [2.24, 2.45) is 0 Å². The van der Waals surface area contributed by atoms with E-state index in [1.54, 1.807) is 17.0 Å². The maximum atomic E-state index is 13.4. The van der Waals surface area contributed by atoms with E-state index in [0.29, 0.717) is 26.2 Å². The molecule has 1 amide bonds. The first-order valence-electron chi connectivity index (χ1n) is 10.7. The summed E-state index contributed by atoms with van der Waals surface area (Å²) in [5.74, 6) is -0.280. The zero-order valence-electron chi connectivity index (χ0n) is 17.6. The highest BCUT2D eigenvalue weighted by Crippen LogP contribution is 2.45. The lowest BCUT2D eigenvalue weighted by molar-refractivity contribution is -0.142. The summed E-state index contributed by atoms with van der Waals surface area (Å²) in [6.45, 7) is 5.76. The Morgan fingerprint density at radius 1 is 1.00 bits per heavy atom. The van der Waals surface area contributed by atoms with E-state index in [0.717, 1.165) is 24.8 Å². The van der Waals surface area contributed by atoms with Gasteiger partial charge >= 0.3 is 0 Å². The van der Waals surface area contributed by atoms with Crippen molar-refractivity contribution in [1.82, 2.24) is 13.5 Å². The summed E-state index contributed by atoms with van der Waals surface area (Å²) in [6.07, 6.45) is 2.19. The Hall–Kier alpha value is -1.55. The maximum absolute atomic E-state index is 13.4. The molecule has 0 spiro atoms. The Morgan fingerprint density at radius 2 is 1.57 bits per heavy atom. The summed E-state index contributed by atoms with van der Waals surface area (Å²) in [4.78, 5) is 15.1. The first-order chi connectivity index (χ1) is 14.2. The van der Waals surface area contributed by atoms with Crippen LogP contribution in [0.2, 0.25) is 0 Å². The van der Waals surface area contributed by atoms with Gasteiger partial charge in [-0.1, -0.05) is 18.6 Å². The molecule has 0 N–H and O–H groups in total. The van der Waals surface area contributed by atoms with Crippen LogP contribution in [0.5, 0.6) is 0 Å². The number of hydrogen-bond donors (Lipinski definition) is 0. The molecule has 0 radical (unpaired) electrons. The molecule has 2 atom stereocenters. The Balaban J connectivity index is 1.42. The van der Waals surface area contributed by atoms with E-state index in [1.807, 2.05) is 13.8 Å². The number of amides is 1. The molecule has 0 aromatic heterocycles. The maximum Gasteiger partial charge on any atom is 0.282 e. The molecule has 30 heavy (non-hydrogen) atoms. The van der Waals surface area contributed by atoms with E-state index in [2.05, 4.69) is 0 Å². The predicted molar refractivity (Wildman–Crippen MR) is 111 cm³/mol. The number of piperazine rings is 1. The fraction of sp³-hybridized carbons (Fsp3) is 0.667. The molecule has 1 aliphatic carbocycles. The van der Waals surface area contributed by atoms with Gasteiger partial charge in [-0.25, -0.2) is 4.39 Å². The van der Waals surface area contributed by atoms with E-state index < -0.39 is 15.6 Å². The lowest BCUT2D eigenvalue weighted by Gasteiger charge is -2.46. The zero-order chi connectivity index (χ0) is 21.5. The minimum absolute atomic E-state index is 0.0334. The van der Waals surface area contributed by atoms with Crippen LogP contribution in [0.15, 0.2) is 24.3 Å². The van der Waals surface area contributed by atoms with Gasteiger partial charge in [0.2, 0.25) is 5.91 Å². The normalized spacial score (nSPS) is 28.2. The van der Waals surface area contributed by atoms with E-state index in [1.165, 1.54) is 20.7 Å². The molecule has 2 saturated heterocycles. The second-order valence-electron chi connectivity index (χ2n) is 8.72. The molecule has 2 heterocycles. The van der Waals surface area contributed by atoms with Gasteiger partial charge < -0.3 is 9.64 Å². The number of ether oxygens (including phenoxy) is 1. The molecule has 0 bridgehead atoms. The largest absolute Gasteiger partial charge is 0.373 e. The highest BCUT2D eigenvalue weighted by molar-refractivity contribution is 7.86. The van der Waals surface area contributed by atoms with Crippen LogP contribution < -0.4 is 0 Å². The number of benzene rings is 1. The van der Waals surface area contributed by atoms with Crippen LogP contribution in [0.25, 0.3) is 0 Å². The van der Waals surface area contributed by atoms with Crippen molar-refractivity contribution in [3.63, 3.8) is 0 Å². The molecule has 4 rings (SSSR count). The van der Waals surface area contributed by atoms with Crippen molar-refractivity contribution in [2.75, 3.05) is 39.3 Å². The average molecular weight is 440 g/mol. The quantitative estimate of drug-likeness (QED) is 0.717. The third kappa shape index (κ3) is 3.88. The van der Waals surface area contributed by atoms with E-state index in [9.17, 15) is 17.6 Å². The van der Waals surface area contributed by atoms with Crippen molar-refractivity contribution in [2.45, 2.75) is 50.7 Å². The number of carbonyl (C=O) groups is 1. The Kier molecular flexibility index (Phi) is 5.91. The standard InChI is InChI=1S/C21H30FN3O4S/c1-16-14-25(15-17(2)29-16)30(27,28)24-12-10-23(11-13-24)20(26)21(8-3-9-21)18-4-6-19(22)7-5-18/h4-7,16-17H,3,8-15H2,1-2H3. The number of hydrogen-bond acceptors (Lipinski definition) is 4. The van der Waals surface area contributed by atoms with Crippen LogP contribution >= 0.6 is 0 Å². The highest BCUT2D eigenvalue weighted by atomic mass is 32.2. The van der Waals surface area contributed by atoms with Gasteiger partial charge in [0.05, 0.1) is 17.6 Å². The van der Waals surface area contributed by atoms with Crippen LogP contribution in [-0.4, -0.2) is 79.3 Å². The minimum Gasteiger partial charge on any atom is -0.373 e. The first-order valence-corrected chi connectivity index (χ1v) is 12.1. The summed E-state index contributed by atoms with van der Waals surface area (Å²) >= 11 is 0. The lowest BCUT2D eigenvalue weighted by atomic mass is 9.63. The summed E-state index contributed by atoms with van der Waals surface area (Å²) in [5, 5.41) is 0. The fourth-order valence-corrected chi connectivity index (χ4v) is 6.58. The van der Waals surface area contributed by atoms with E-state index in [4.69, 9.17) is 4.74 Å². The molecular formula is C21H30FN3O4S. The van der Waals surface area contributed by atoms with Gasteiger partial charge in [0.1, 0.15) is 5.82 Å². The van der Waals surface area contributed by atoms with Crippen LogP contribution in [0, 0.1) is 5.82 Å². The Bertz CT molecular complexity index is 870. The monoisotopic (exact) mass is 439 g/mol.